The van der Waals surface area contributed by atoms with Crippen LogP contribution in [0.1, 0.15) is 49.5 Å². The summed E-state index contributed by atoms with van der Waals surface area (Å²) >= 11 is 0. The van der Waals surface area contributed by atoms with Crippen LogP contribution in [-0.2, 0) is 16.0 Å². The van der Waals surface area contributed by atoms with Crippen molar-refractivity contribution in [1.82, 2.24) is 49.9 Å². The van der Waals surface area contributed by atoms with Gasteiger partial charge in [-0.3, -0.25) is 9.59 Å². The number of nitrogens with zero attached hydrogens (tertiary/aromatic N) is 7. The molecule has 4 amide bonds. The average Bonchev–Trinajstić information content (AvgIpc) is 4.05. The number of amides is 4. The number of benzene rings is 3. The van der Waals surface area contributed by atoms with Crippen LogP contribution in [0.25, 0.3) is 33.4 Å². The third-order valence-corrected chi connectivity index (χ3v) is 10.3. The molecule has 9 rings (SSSR count). The monoisotopic (exact) mass is 794 g/mol. The van der Waals surface area contributed by atoms with Crippen molar-refractivity contribution in [1.29, 1.82) is 0 Å². The molecule has 4 aromatic heterocycles. The molecule has 2 atom stereocenters. The molecular formula is C42H38N10O7. The van der Waals surface area contributed by atoms with Crippen LogP contribution in [0.15, 0.2) is 110 Å². The Kier molecular flexibility index (Phi) is 10.5. The predicted octanol–water partition coefficient (Wildman–Crippen LogP) is 5.04. The van der Waals surface area contributed by atoms with Crippen LogP contribution >= 0.6 is 0 Å². The highest BCUT2D eigenvalue weighted by atomic mass is 16.5. The molecule has 3 aromatic carbocycles. The minimum Gasteiger partial charge on any atom is -0.497 e. The molecule has 2 aliphatic heterocycles. The lowest BCUT2D eigenvalue weighted by Gasteiger charge is -2.26. The average molecular weight is 795 g/mol. The van der Waals surface area contributed by atoms with Crippen molar-refractivity contribution in [2.24, 2.45) is 0 Å². The van der Waals surface area contributed by atoms with E-state index in [4.69, 9.17) is 9.47 Å². The van der Waals surface area contributed by atoms with E-state index in [1.165, 1.54) is 26.9 Å². The molecule has 298 valence electrons. The molecule has 2 unspecified atom stereocenters. The summed E-state index contributed by atoms with van der Waals surface area (Å²) in [7, 11) is 4.23. The highest BCUT2D eigenvalue weighted by molar-refractivity contribution is 6.00. The van der Waals surface area contributed by atoms with Crippen molar-refractivity contribution in [2.45, 2.75) is 18.6 Å². The van der Waals surface area contributed by atoms with Crippen LogP contribution in [0.5, 0.6) is 5.75 Å². The molecule has 59 heavy (non-hydrogen) atoms. The van der Waals surface area contributed by atoms with Gasteiger partial charge in [-0.05, 0) is 77.4 Å². The van der Waals surface area contributed by atoms with E-state index in [-0.39, 0.29) is 37.0 Å². The lowest BCUT2D eigenvalue weighted by Crippen LogP contribution is -2.36. The van der Waals surface area contributed by atoms with Crippen LogP contribution in [0.2, 0.25) is 0 Å². The Hall–Kier alpha value is -7.82. The van der Waals surface area contributed by atoms with Crippen LogP contribution in [0.3, 0.4) is 0 Å². The zero-order chi connectivity index (χ0) is 41.0. The highest BCUT2D eigenvalue weighted by Crippen LogP contribution is 2.37. The molecular weight excluding hydrogens is 757 g/mol. The van der Waals surface area contributed by atoms with Crippen molar-refractivity contribution in [3.8, 4) is 17.1 Å². The molecule has 0 fully saturated rings. The van der Waals surface area contributed by atoms with Crippen molar-refractivity contribution < 1.29 is 33.4 Å². The van der Waals surface area contributed by atoms with E-state index in [0.717, 1.165) is 55.9 Å². The van der Waals surface area contributed by atoms with Crippen LogP contribution in [0, 0.1) is 0 Å². The van der Waals surface area contributed by atoms with Crippen LogP contribution < -0.4 is 20.7 Å². The molecule has 0 radical (unpaired) electrons. The maximum Gasteiger partial charge on any atom is 0.406 e. The molecule has 6 heterocycles. The van der Waals surface area contributed by atoms with Gasteiger partial charge in [0.1, 0.15) is 29.7 Å². The molecule has 17 heteroatoms. The van der Waals surface area contributed by atoms with Crippen LogP contribution in [0.4, 0.5) is 9.59 Å². The van der Waals surface area contributed by atoms with Gasteiger partial charge >= 0.3 is 12.2 Å². The van der Waals surface area contributed by atoms with Crippen molar-refractivity contribution in [3.63, 3.8) is 0 Å². The number of carbonyl (C=O) groups excluding carboxylic acids is 4. The second kappa shape index (κ2) is 16.3. The Morgan fingerprint density at radius 1 is 0.712 bits per heavy atom. The van der Waals surface area contributed by atoms with Crippen LogP contribution in [-0.4, -0.2) is 92.4 Å². The second-order valence-electron chi connectivity index (χ2n) is 13.6. The lowest BCUT2D eigenvalue weighted by atomic mass is 10.0. The number of nitrogens with one attached hydrogen (secondary N) is 3. The second-order valence-corrected chi connectivity index (χ2v) is 13.6. The number of fused-ring (bicyclic) bond motifs is 4. The molecule has 7 aromatic rings. The summed E-state index contributed by atoms with van der Waals surface area (Å²) in [4.78, 5) is 67.2. The fourth-order valence-electron chi connectivity index (χ4n) is 7.32. The minimum absolute atomic E-state index is 0.0891. The van der Waals surface area contributed by atoms with Crippen molar-refractivity contribution in [2.75, 3.05) is 34.4 Å². The molecule has 0 aliphatic carbocycles. The van der Waals surface area contributed by atoms with E-state index in [2.05, 4.69) is 40.6 Å². The lowest BCUT2D eigenvalue weighted by molar-refractivity contribution is 0.0705. The smallest absolute Gasteiger partial charge is 0.406 e. The minimum atomic E-state index is -0.547. The molecule has 0 saturated heterocycles. The number of aromatic nitrogens is 6. The van der Waals surface area contributed by atoms with E-state index in [0.29, 0.717) is 17.7 Å². The van der Waals surface area contributed by atoms with E-state index >= 15 is 0 Å². The number of hydrogen-bond acceptors (Lipinski definition) is 11. The van der Waals surface area contributed by atoms with E-state index in [1.807, 2.05) is 88.3 Å². The largest absolute Gasteiger partial charge is 0.497 e. The fourth-order valence-corrected chi connectivity index (χ4v) is 7.32. The zero-order valence-electron chi connectivity index (χ0n) is 32.2. The maximum absolute atomic E-state index is 13.4. The number of ether oxygens (including phenoxy) is 3. The molecule has 17 nitrogen and oxygen atoms in total. The Bertz CT molecular complexity index is 2710. The topological polar surface area (TPSA) is 197 Å². The summed E-state index contributed by atoms with van der Waals surface area (Å²) in [5.74, 6) is 0.503. The first kappa shape index (κ1) is 38.1. The predicted molar refractivity (Wildman–Crippen MR) is 214 cm³/mol. The van der Waals surface area contributed by atoms with Gasteiger partial charge < -0.3 is 44.2 Å². The van der Waals surface area contributed by atoms with E-state index < -0.39 is 12.2 Å². The van der Waals surface area contributed by atoms with Crippen molar-refractivity contribution in [3.05, 3.63) is 138 Å². The summed E-state index contributed by atoms with van der Waals surface area (Å²) < 4.78 is 18.5. The molecule has 0 bridgehead atoms. The molecule has 0 saturated carbocycles. The summed E-state index contributed by atoms with van der Waals surface area (Å²) in [6.07, 6.45) is 9.27. The first-order valence-corrected chi connectivity index (χ1v) is 18.5. The summed E-state index contributed by atoms with van der Waals surface area (Å²) in [6, 6.07) is 22.1. The molecule has 2 aliphatic rings. The normalized spacial score (nSPS) is 15.2. The van der Waals surface area contributed by atoms with Gasteiger partial charge in [-0.1, -0.05) is 12.1 Å². The Labute approximate surface area is 337 Å². The summed E-state index contributed by atoms with van der Waals surface area (Å²) in [5, 5.41) is 10.1. The fraction of sp³-hybridized carbons (Fsp3) is 0.190. The Morgan fingerprint density at radius 3 is 1.88 bits per heavy atom. The molecule has 3 N–H and O–H groups in total. The van der Waals surface area contributed by atoms with Gasteiger partial charge in [0.15, 0.2) is 0 Å². The van der Waals surface area contributed by atoms with Gasteiger partial charge in [-0.2, -0.15) is 0 Å². The Balaban J connectivity index is 0.000000172. The van der Waals surface area contributed by atoms with E-state index in [9.17, 15) is 19.2 Å². The number of rotatable bonds is 9. The summed E-state index contributed by atoms with van der Waals surface area (Å²) in [6.45, 7) is 0.864. The third-order valence-electron chi connectivity index (χ3n) is 10.3. The number of methoxy groups -OCH3 is 3. The van der Waals surface area contributed by atoms with Gasteiger partial charge in [0.25, 0.3) is 11.8 Å². The van der Waals surface area contributed by atoms with E-state index in [1.54, 1.807) is 30.5 Å². The molecule has 0 spiro atoms. The number of alkyl carbamates (subject to hydrolysis) is 2. The first-order chi connectivity index (χ1) is 28.8. The zero-order valence-corrected chi connectivity index (χ0v) is 32.2. The standard InChI is InChI=1S/C25H23N5O4.C17H15N5O3/c1-33-19-6-3-16(4-7-19)14-30-22(13-27-25(32)34-2)21-11-18(5-8-20(21)24(30)31)29-10-9-17-12-26-15-28-23(17)29;1-25-17(24)19-8-14-13-6-11(2-3-12(13)16(23)21-14)22-5-4-10-7-18-9-20-15(10)22/h3-12,15,22H,13-14H2,1-2H3,(H,27,32);2-7,9,14H,8H2,1H3,(H,19,24)(H,21,23). The number of hydrogen-bond donors (Lipinski definition) is 3. The quantitative estimate of drug-likeness (QED) is 0.177. The third kappa shape index (κ3) is 7.55. The van der Waals surface area contributed by atoms with Gasteiger partial charge in [0, 0.05) is 77.7 Å². The van der Waals surface area contributed by atoms with Gasteiger partial charge in [-0.15, -0.1) is 0 Å². The highest BCUT2D eigenvalue weighted by Gasteiger charge is 2.37. The SMILES string of the molecule is COC(=O)NCC1NC(=O)c2ccc(-n3ccc4cncnc43)cc21.COC(=O)NCC1c2cc(-n3ccc4cncnc43)ccc2C(=O)N1Cc1ccc(OC)cc1. The Morgan fingerprint density at radius 2 is 1.29 bits per heavy atom. The van der Waals surface area contributed by atoms with Gasteiger partial charge in [0.2, 0.25) is 0 Å². The summed E-state index contributed by atoms with van der Waals surface area (Å²) in [5.41, 5.74) is 7.15. The van der Waals surface area contributed by atoms with Crippen molar-refractivity contribution >= 4 is 46.1 Å². The number of carbonyl (C=O) groups is 4. The van der Waals surface area contributed by atoms with Gasteiger partial charge in [0.05, 0.1) is 33.4 Å². The maximum atomic E-state index is 13.4. The first-order valence-electron chi connectivity index (χ1n) is 18.5. The van der Waals surface area contributed by atoms with Gasteiger partial charge in [-0.25, -0.2) is 29.5 Å².